The van der Waals surface area contributed by atoms with Crippen LogP contribution in [0.3, 0.4) is 0 Å². The first-order chi connectivity index (χ1) is 11.0. The van der Waals surface area contributed by atoms with E-state index >= 15 is 0 Å². The standard InChI is InChI=1S/C17H20IN3O2.HI/c1-12-2-6-14(7-3-12)21-17(19)20-10-15(22)11-23-16-8-4-13(18)5-9-16;/h2-9,15,22H,10-11H2,1H3,(H3,19,20,21);1H. The molecule has 130 valence electrons. The number of aliphatic hydroxyl groups excluding tert-OH is 1. The molecule has 0 saturated carbocycles. The number of guanidine groups is 1. The molecular weight excluding hydrogens is 532 g/mol. The van der Waals surface area contributed by atoms with Crippen LogP contribution in [0.15, 0.2) is 53.5 Å². The van der Waals surface area contributed by atoms with Crippen molar-refractivity contribution < 1.29 is 9.84 Å². The molecule has 0 bridgehead atoms. The number of hydrogen-bond acceptors (Lipinski definition) is 3. The van der Waals surface area contributed by atoms with E-state index in [0.717, 1.165) is 15.0 Å². The molecule has 0 saturated heterocycles. The number of anilines is 1. The Bertz CT molecular complexity index is 646. The zero-order chi connectivity index (χ0) is 16.7. The molecule has 24 heavy (non-hydrogen) atoms. The molecule has 1 atom stereocenters. The molecule has 0 amide bonds. The third-order valence-corrected chi connectivity index (χ3v) is 3.77. The molecular formula is C17H21I2N3O2. The summed E-state index contributed by atoms with van der Waals surface area (Å²) in [4.78, 5) is 4.12. The van der Waals surface area contributed by atoms with Gasteiger partial charge in [0.05, 0.1) is 6.54 Å². The number of aryl methyl sites for hydroxylation is 1. The summed E-state index contributed by atoms with van der Waals surface area (Å²) in [5.41, 5.74) is 7.84. The van der Waals surface area contributed by atoms with E-state index in [1.807, 2.05) is 55.5 Å². The van der Waals surface area contributed by atoms with E-state index in [0.29, 0.717) is 0 Å². The molecule has 4 N–H and O–H groups in total. The average Bonchev–Trinajstić information content (AvgIpc) is 2.54. The van der Waals surface area contributed by atoms with Crippen LogP contribution in [0, 0.1) is 10.5 Å². The number of benzene rings is 2. The molecule has 0 radical (unpaired) electrons. The number of nitrogens with two attached hydrogens (primary N) is 1. The summed E-state index contributed by atoms with van der Waals surface area (Å²) in [6, 6.07) is 15.4. The van der Waals surface area contributed by atoms with Crippen LogP contribution in [0.25, 0.3) is 0 Å². The highest BCUT2D eigenvalue weighted by Gasteiger charge is 2.05. The lowest BCUT2D eigenvalue weighted by molar-refractivity contribution is 0.114. The molecule has 2 rings (SSSR count). The zero-order valence-corrected chi connectivity index (χ0v) is 17.8. The summed E-state index contributed by atoms with van der Waals surface area (Å²) in [7, 11) is 0. The second-order valence-electron chi connectivity index (χ2n) is 5.14. The summed E-state index contributed by atoms with van der Waals surface area (Å²) < 4.78 is 6.64. The molecule has 0 aliphatic rings. The maximum atomic E-state index is 9.90. The minimum Gasteiger partial charge on any atom is -0.491 e. The Kier molecular flexibility index (Phi) is 9.37. The lowest BCUT2D eigenvalue weighted by Gasteiger charge is -2.11. The zero-order valence-electron chi connectivity index (χ0n) is 13.3. The summed E-state index contributed by atoms with van der Waals surface area (Å²) in [5, 5.41) is 12.9. The summed E-state index contributed by atoms with van der Waals surface area (Å²) in [5.74, 6) is 0.987. The Morgan fingerprint density at radius 2 is 1.83 bits per heavy atom. The van der Waals surface area contributed by atoms with Gasteiger partial charge in [-0.3, -0.25) is 4.99 Å². The Hall–Kier alpha value is -1.07. The van der Waals surface area contributed by atoms with Gasteiger partial charge in [-0.05, 0) is 65.9 Å². The van der Waals surface area contributed by atoms with Gasteiger partial charge >= 0.3 is 0 Å². The molecule has 0 aliphatic heterocycles. The molecule has 7 heteroatoms. The third-order valence-electron chi connectivity index (χ3n) is 3.05. The Labute approximate surface area is 172 Å². The van der Waals surface area contributed by atoms with E-state index in [-0.39, 0.29) is 43.1 Å². The van der Waals surface area contributed by atoms with E-state index in [1.165, 1.54) is 5.56 Å². The van der Waals surface area contributed by atoms with Gasteiger partial charge < -0.3 is 20.9 Å². The fraction of sp³-hybridized carbons (Fsp3) is 0.235. The highest BCUT2D eigenvalue weighted by molar-refractivity contribution is 14.1. The number of aliphatic imine (C=N–C) groups is 1. The average molecular weight is 553 g/mol. The van der Waals surface area contributed by atoms with E-state index < -0.39 is 6.10 Å². The highest BCUT2D eigenvalue weighted by Crippen LogP contribution is 2.13. The molecule has 0 aliphatic carbocycles. The topological polar surface area (TPSA) is 79.9 Å². The largest absolute Gasteiger partial charge is 0.491 e. The van der Waals surface area contributed by atoms with Gasteiger partial charge in [-0.1, -0.05) is 17.7 Å². The monoisotopic (exact) mass is 553 g/mol. The number of ether oxygens (including phenoxy) is 1. The van der Waals surface area contributed by atoms with Gasteiger partial charge in [-0.25, -0.2) is 0 Å². The number of nitrogens with zero attached hydrogens (tertiary/aromatic N) is 1. The smallest absolute Gasteiger partial charge is 0.193 e. The van der Waals surface area contributed by atoms with Crippen LogP contribution in [0.5, 0.6) is 5.75 Å². The maximum absolute atomic E-state index is 9.90. The van der Waals surface area contributed by atoms with Gasteiger partial charge in [0, 0.05) is 9.26 Å². The first-order valence-electron chi connectivity index (χ1n) is 7.23. The molecule has 2 aromatic carbocycles. The Morgan fingerprint density at radius 3 is 2.46 bits per heavy atom. The molecule has 2 aromatic rings. The van der Waals surface area contributed by atoms with E-state index in [9.17, 15) is 5.11 Å². The molecule has 1 unspecified atom stereocenters. The lowest BCUT2D eigenvalue weighted by atomic mass is 10.2. The Balaban J connectivity index is 0.00000288. The lowest BCUT2D eigenvalue weighted by Crippen LogP contribution is -2.27. The van der Waals surface area contributed by atoms with Crippen LogP contribution >= 0.6 is 46.6 Å². The van der Waals surface area contributed by atoms with Crippen LogP contribution in [0.2, 0.25) is 0 Å². The predicted molar refractivity (Wildman–Crippen MR) is 117 cm³/mol. The number of halogens is 2. The van der Waals surface area contributed by atoms with Crippen LogP contribution in [-0.4, -0.2) is 30.3 Å². The van der Waals surface area contributed by atoms with Crippen molar-refractivity contribution in [3.8, 4) is 5.75 Å². The van der Waals surface area contributed by atoms with Crippen LogP contribution in [-0.2, 0) is 0 Å². The predicted octanol–water partition coefficient (Wildman–Crippen LogP) is 3.38. The fourth-order valence-corrected chi connectivity index (χ4v) is 2.16. The third kappa shape index (κ3) is 7.67. The first kappa shape index (κ1) is 21.0. The molecule has 0 aromatic heterocycles. The summed E-state index contributed by atoms with van der Waals surface area (Å²) in [6.45, 7) is 2.36. The number of hydrogen-bond donors (Lipinski definition) is 3. The number of nitrogens with one attached hydrogen (secondary N) is 1. The second-order valence-corrected chi connectivity index (χ2v) is 6.38. The van der Waals surface area contributed by atoms with Crippen LogP contribution in [0.4, 0.5) is 5.69 Å². The minimum atomic E-state index is -0.715. The van der Waals surface area contributed by atoms with Crippen molar-refractivity contribution in [2.45, 2.75) is 13.0 Å². The van der Waals surface area contributed by atoms with Gasteiger partial charge in [0.15, 0.2) is 5.96 Å². The normalized spacial score (nSPS) is 12.2. The van der Waals surface area contributed by atoms with Gasteiger partial charge in [0.1, 0.15) is 18.5 Å². The van der Waals surface area contributed by atoms with Crippen molar-refractivity contribution in [3.05, 3.63) is 57.7 Å². The van der Waals surface area contributed by atoms with Gasteiger partial charge in [-0.15, -0.1) is 24.0 Å². The van der Waals surface area contributed by atoms with Crippen molar-refractivity contribution in [2.75, 3.05) is 18.5 Å². The van der Waals surface area contributed by atoms with Crippen molar-refractivity contribution in [2.24, 2.45) is 10.7 Å². The van der Waals surface area contributed by atoms with E-state index in [1.54, 1.807) is 0 Å². The summed E-state index contributed by atoms with van der Waals surface area (Å²) in [6.07, 6.45) is -0.715. The second kappa shape index (κ2) is 10.7. The molecule has 5 nitrogen and oxygen atoms in total. The van der Waals surface area contributed by atoms with Crippen molar-refractivity contribution in [3.63, 3.8) is 0 Å². The quantitative estimate of drug-likeness (QED) is 0.292. The van der Waals surface area contributed by atoms with Crippen molar-refractivity contribution >= 4 is 58.2 Å². The van der Waals surface area contributed by atoms with Gasteiger partial charge in [0.25, 0.3) is 0 Å². The SMILES string of the molecule is Cc1ccc(NC(N)=NCC(O)COc2ccc(I)cc2)cc1.I. The van der Waals surface area contributed by atoms with Crippen LogP contribution in [0.1, 0.15) is 5.56 Å². The van der Waals surface area contributed by atoms with Gasteiger partial charge in [-0.2, -0.15) is 0 Å². The highest BCUT2D eigenvalue weighted by atomic mass is 127. The fourth-order valence-electron chi connectivity index (χ4n) is 1.80. The maximum Gasteiger partial charge on any atom is 0.193 e. The Morgan fingerprint density at radius 1 is 1.21 bits per heavy atom. The van der Waals surface area contributed by atoms with Crippen LogP contribution < -0.4 is 15.8 Å². The van der Waals surface area contributed by atoms with Crippen molar-refractivity contribution in [1.82, 2.24) is 0 Å². The number of rotatable bonds is 6. The number of aliphatic hydroxyl groups is 1. The summed E-state index contributed by atoms with van der Waals surface area (Å²) >= 11 is 2.23. The van der Waals surface area contributed by atoms with Gasteiger partial charge in [0.2, 0.25) is 0 Å². The molecule has 0 spiro atoms. The van der Waals surface area contributed by atoms with Crippen molar-refractivity contribution in [1.29, 1.82) is 0 Å². The van der Waals surface area contributed by atoms with E-state index in [4.69, 9.17) is 10.5 Å². The molecule has 0 fully saturated rings. The first-order valence-corrected chi connectivity index (χ1v) is 8.31. The molecule has 0 heterocycles. The van der Waals surface area contributed by atoms with E-state index in [2.05, 4.69) is 32.9 Å². The minimum absolute atomic E-state index is 0.